The van der Waals surface area contributed by atoms with Gasteiger partial charge in [0.15, 0.2) is 0 Å². The molecule has 0 aromatic rings. The van der Waals surface area contributed by atoms with Gasteiger partial charge in [0.05, 0.1) is 0 Å². The molecule has 0 atom stereocenters. The Balaban J connectivity index is 1.81. The van der Waals surface area contributed by atoms with Crippen LogP contribution >= 0.6 is 0 Å². The van der Waals surface area contributed by atoms with Crippen molar-refractivity contribution in [2.75, 3.05) is 13.1 Å². The summed E-state index contributed by atoms with van der Waals surface area (Å²) in [6, 6.07) is 0. The van der Waals surface area contributed by atoms with Crippen molar-refractivity contribution in [1.82, 2.24) is 4.90 Å². The molecule has 2 heteroatoms. The Morgan fingerprint density at radius 1 is 1.19 bits per heavy atom. The number of rotatable bonds is 5. The topological polar surface area (TPSA) is 20.3 Å². The predicted molar refractivity (Wildman–Crippen MR) is 66.2 cm³/mol. The van der Waals surface area contributed by atoms with Gasteiger partial charge < -0.3 is 4.90 Å². The average molecular weight is 223 g/mol. The lowest BCUT2D eigenvalue weighted by atomic mass is 9.51. The molecule has 0 radical (unpaired) electrons. The van der Waals surface area contributed by atoms with E-state index in [1.165, 1.54) is 32.1 Å². The van der Waals surface area contributed by atoms with Crippen LogP contribution in [0.5, 0.6) is 0 Å². The number of carbonyl (C=O) groups is 1. The van der Waals surface area contributed by atoms with Crippen molar-refractivity contribution in [3.63, 3.8) is 0 Å². The van der Waals surface area contributed by atoms with Gasteiger partial charge in [-0.15, -0.1) is 0 Å². The molecule has 0 heterocycles. The average Bonchev–Trinajstić information content (AvgIpc) is 2.13. The molecule has 0 unspecified atom stereocenters. The third-order valence-electron chi connectivity index (χ3n) is 4.42. The van der Waals surface area contributed by atoms with Crippen LogP contribution in [0.2, 0.25) is 0 Å². The van der Waals surface area contributed by atoms with E-state index >= 15 is 0 Å². The Bertz CT molecular complexity index is 243. The number of hydrogen-bond acceptors (Lipinski definition) is 1. The van der Waals surface area contributed by atoms with Crippen molar-refractivity contribution in [2.24, 2.45) is 11.3 Å². The molecule has 1 spiro atoms. The van der Waals surface area contributed by atoms with E-state index in [4.69, 9.17) is 0 Å². The minimum absolute atomic E-state index is 0.374. The molecule has 2 fully saturated rings. The highest BCUT2D eigenvalue weighted by Crippen LogP contribution is 2.58. The summed E-state index contributed by atoms with van der Waals surface area (Å²) in [7, 11) is 0. The molecule has 2 aliphatic rings. The molecule has 0 N–H and O–H groups in total. The van der Waals surface area contributed by atoms with Gasteiger partial charge in [-0.05, 0) is 43.9 Å². The van der Waals surface area contributed by atoms with Crippen molar-refractivity contribution in [3.05, 3.63) is 0 Å². The second-order valence-corrected chi connectivity index (χ2v) is 5.78. The Morgan fingerprint density at radius 2 is 1.75 bits per heavy atom. The van der Waals surface area contributed by atoms with Gasteiger partial charge in [-0.1, -0.05) is 20.3 Å². The summed E-state index contributed by atoms with van der Waals surface area (Å²) in [5.74, 6) is 0.819. The number of hydrogen-bond donors (Lipinski definition) is 0. The lowest BCUT2D eigenvalue weighted by Crippen LogP contribution is -2.50. The van der Waals surface area contributed by atoms with Crippen molar-refractivity contribution < 1.29 is 4.79 Å². The maximum Gasteiger partial charge on any atom is 0.225 e. The molecule has 2 saturated carbocycles. The predicted octanol–water partition coefficient (Wildman–Crippen LogP) is 3.22. The monoisotopic (exact) mass is 223 g/mol. The van der Waals surface area contributed by atoms with Crippen molar-refractivity contribution in [2.45, 2.75) is 58.8 Å². The molecule has 2 aliphatic carbocycles. The van der Waals surface area contributed by atoms with Crippen LogP contribution in [0.3, 0.4) is 0 Å². The fraction of sp³-hybridized carbons (Fsp3) is 0.929. The largest absolute Gasteiger partial charge is 0.342 e. The second-order valence-electron chi connectivity index (χ2n) is 5.78. The highest BCUT2D eigenvalue weighted by atomic mass is 16.2. The Kier molecular flexibility index (Phi) is 3.56. The Labute approximate surface area is 99.4 Å². The summed E-state index contributed by atoms with van der Waals surface area (Å²) in [4.78, 5) is 14.4. The maximum atomic E-state index is 12.3. The molecule has 0 aromatic heterocycles. The van der Waals surface area contributed by atoms with Gasteiger partial charge in [0.1, 0.15) is 0 Å². The molecule has 0 bridgehead atoms. The first-order valence-electron chi connectivity index (χ1n) is 6.99. The molecule has 2 nitrogen and oxygen atoms in total. The van der Waals surface area contributed by atoms with Crippen molar-refractivity contribution in [1.29, 1.82) is 0 Å². The fourth-order valence-corrected chi connectivity index (χ4v) is 3.38. The highest BCUT2D eigenvalue weighted by Gasteiger charge is 2.51. The summed E-state index contributed by atoms with van der Waals surface area (Å²) in [5, 5.41) is 0. The summed E-state index contributed by atoms with van der Waals surface area (Å²) in [5.41, 5.74) is 0.629. The third-order valence-corrected chi connectivity index (χ3v) is 4.42. The van der Waals surface area contributed by atoms with E-state index in [-0.39, 0.29) is 0 Å². The zero-order valence-corrected chi connectivity index (χ0v) is 10.8. The Hall–Kier alpha value is -0.530. The smallest absolute Gasteiger partial charge is 0.225 e. The first kappa shape index (κ1) is 11.9. The van der Waals surface area contributed by atoms with Crippen LogP contribution < -0.4 is 0 Å². The summed E-state index contributed by atoms with van der Waals surface area (Å²) < 4.78 is 0. The maximum absolute atomic E-state index is 12.3. The van der Waals surface area contributed by atoms with E-state index in [0.717, 1.165) is 25.9 Å². The molecular formula is C14H25NO. The van der Waals surface area contributed by atoms with E-state index in [1.807, 2.05) is 0 Å². The Morgan fingerprint density at radius 3 is 2.12 bits per heavy atom. The SMILES string of the molecule is CCCN(CCC)C(=O)C1CC2(CCC2)C1. The quantitative estimate of drug-likeness (QED) is 0.701. The van der Waals surface area contributed by atoms with Crippen molar-refractivity contribution >= 4 is 5.91 Å². The molecular weight excluding hydrogens is 198 g/mol. The van der Waals surface area contributed by atoms with Crippen LogP contribution in [0, 0.1) is 11.3 Å². The van der Waals surface area contributed by atoms with E-state index in [9.17, 15) is 4.79 Å². The molecule has 16 heavy (non-hydrogen) atoms. The lowest BCUT2D eigenvalue weighted by Gasteiger charge is -2.54. The van der Waals surface area contributed by atoms with E-state index in [1.54, 1.807) is 0 Å². The van der Waals surface area contributed by atoms with Crippen LogP contribution in [0.4, 0.5) is 0 Å². The van der Waals surface area contributed by atoms with Gasteiger partial charge in [-0.2, -0.15) is 0 Å². The fourth-order valence-electron chi connectivity index (χ4n) is 3.38. The van der Waals surface area contributed by atoms with Crippen LogP contribution in [0.1, 0.15) is 58.8 Å². The van der Waals surface area contributed by atoms with Gasteiger partial charge >= 0.3 is 0 Å². The molecule has 0 saturated heterocycles. The summed E-state index contributed by atoms with van der Waals surface area (Å²) in [6.45, 7) is 6.22. The van der Waals surface area contributed by atoms with Crippen molar-refractivity contribution in [3.8, 4) is 0 Å². The number of amides is 1. The molecule has 0 aromatic carbocycles. The van der Waals surface area contributed by atoms with Crippen LogP contribution in [0.25, 0.3) is 0 Å². The lowest BCUT2D eigenvalue weighted by molar-refractivity contribution is -0.147. The highest BCUT2D eigenvalue weighted by molar-refractivity contribution is 5.80. The standard InChI is InChI=1S/C14H25NO/c1-3-8-15(9-4-2)13(16)12-10-14(11-12)6-5-7-14/h12H,3-11H2,1-2H3. The van der Waals surface area contributed by atoms with Crippen LogP contribution in [-0.4, -0.2) is 23.9 Å². The first-order valence-corrected chi connectivity index (χ1v) is 6.99. The first-order chi connectivity index (χ1) is 7.71. The number of nitrogens with zero attached hydrogens (tertiary/aromatic N) is 1. The van der Waals surface area contributed by atoms with Gasteiger partial charge in [-0.3, -0.25) is 4.79 Å². The molecule has 2 rings (SSSR count). The second kappa shape index (κ2) is 4.77. The third kappa shape index (κ3) is 2.11. The van der Waals surface area contributed by atoms with Gasteiger partial charge in [0.25, 0.3) is 0 Å². The van der Waals surface area contributed by atoms with Gasteiger partial charge in [0.2, 0.25) is 5.91 Å². The minimum atomic E-state index is 0.374. The molecule has 0 aliphatic heterocycles. The zero-order chi connectivity index (χ0) is 11.6. The number of carbonyl (C=O) groups excluding carboxylic acids is 1. The van der Waals surface area contributed by atoms with Gasteiger partial charge in [0, 0.05) is 19.0 Å². The van der Waals surface area contributed by atoms with E-state index in [0.29, 0.717) is 17.2 Å². The zero-order valence-electron chi connectivity index (χ0n) is 10.8. The summed E-state index contributed by atoms with van der Waals surface area (Å²) in [6.07, 6.45) is 8.73. The van der Waals surface area contributed by atoms with E-state index < -0.39 is 0 Å². The van der Waals surface area contributed by atoms with E-state index in [2.05, 4.69) is 18.7 Å². The van der Waals surface area contributed by atoms with Crippen LogP contribution in [-0.2, 0) is 4.79 Å². The minimum Gasteiger partial charge on any atom is -0.342 e. The van der Waals surface area contributed by atoms with Crippen LogP contribution in [0.15, 0.2) is 0 Å². The van der Waals surface area contributed by atoms with Gasteiger partial charge in [-0.25, -0.2) is 0 Å². The normalized spacial score (nSPS) is 22.6. The molecule has 1 amide bonds. The summed E-state index contributed by atoms with van der Waals surface area (Å²) >= 11 is 0. The molecule has 92 valence electrons.